The molecule has 0 bridgehead atoms. The summed E-state index contributed by atoms with van der Waals surface area (Å²) in [5.41, 5.74) is 0.480. The van der Waals surface area contributed by atoms with Gasteiger partial charge >= 0.3 is 5.97 Å². The quantitative estimate of drug-likeness (QED) is 0.522. The Morgan fingerprint density at radius 1 is 1.27 bits per heavy atom. The summed E-state index contributed by atoms with van der Waals surface area (Å²) in [5, 5.41) is 18.0. The Bertz CT molecular complexity index is 968. The molecule has 1 aromatic heterocycles. The number of sulfone groups is 1. The van der Waals surface area contributed by atoms with Gasteiger partial charge in [-0.15, -0.1) is 10.2 Å². The molecule has 0 fully saturated rings. The Morgan fingerprint density at radius 2 is 1.92 bits per heavy atom. The van der Waals surface area contributed by atoms with Gasteiger partial charge in [-0.3, -0.25) is 14.2 Å². The van der Waals surface area contributed by atoms with Gasteiger partial charge in [0.25, 0.3) is 11.1 Å². The molecule has 1 aromatic carbocycles. The van der Waals surface area contributed by atoms with E-state index in [1.165, 1.54) is 22.8 Å². The number of halogens is 3. The molecule has 9 nitrogen and oxygen atoms in total. The van der Waals surface area contributed by atoms with Gasteiger partial charge in [0, 0.05) is 5.56 Å². The first-order valence-electron chi connectivity index (χ1n) is 6.79. The maximum absolute atomic E-state index is 12.6. The number of alkyl halides is 3. The Morgan fingerprint density at radius 3 is 2.50 bits per heavy atom. The van der Waals surface area contributed by atoms with Crippen molar-refractivity contribution < 1.29 is 23.1 Å². The number of amides is 1. The lowest BCUT2D eigenvalue weighted by molar-refractivity contribution is -0.135. The van der Waals surface area contributed by atoms with Crippen LogP contribution in [-0.2, 0) is 14.6 Å². The fourth-order valence-electron chi connectivity index (χ4n) is 1.96. The van der Waals surface area contributed by atoms with Crippen LogP contribution in [0.5, 0.6) is 0 Å². The maximum atomic E-state index is 12.6. The molecule has 0 spiro atoms. The molecule has 0 radical (unpaired) electrons. The van der Waals surface area contributed by atoms with Gasteiger partial charge in [0.15, 0.2) is 0 Å². The van der Waals surface area contributed by atoms with Gasteiger partial charge in [0.1, 0.15) is 12.4 Å². The average molecular weight is 575 g/mol. The van der Waals surface area contributed by atoms with E-state index in [0.29, 0.717) is 5.69 Å². The molecular weight excluding hydrogens is 564 g/mol. The van der Waals surface area contributed by atoms with Crippen LogP contribution in [0.1, 0.15) is 16.2 Å². The fraction of sp³-hybridized carbons (Fsp3) is 0.231. The first-order chi connectivity index (χ1) is 11.9. The van der Waals surface area contributed by atoms with Crippen molar-refractivity contribution in [3.05, 3.63) is 35.7 Å². The summed E-state index contributed by atoms with van der Waals surface area (Å²) in [5.74, 6) is -1.51. The number of benzene rings is 1. The summed E-state index contributed by atoms with van der Waals surface area (Å²) in [4.78, 5) is 22.6. The summed E-state index contributed by atoms with van der Waals surface area (Å²) >= 11 is 8.91. The van der Waals surface area contributed by atoms with Crippen molar-refractivity contribution in [3.63, 3.8) is 0 Å². The molecule has 1 amide bonds. The summed E-state index contributed by atoms with van der Waals surface area (Å²) < 4.78 is 24.9. The van der Waals surface area contributed by atoms with E-state index in [1.54, 1.807) is 13.0 Å². The fourth-order valence-corrected chi connectivity index (χ4v) is 4.10. The van der Waals surface area contributed by atoms with Crippen LogP contribution >= 0.6 is 47.8 Å². The number of nitrogens with one attached hydrogen (secondary N) is 1. The van der Waals surface area contributed by atoms with Crippen molar-refractivity contribution in [3.8, 4) is 5.69 Å². The number of carboxylic acid groups (broad SMARTS) is 1. The zero-order valence-corrected chi connectivity index (χ0v) is 18.6. The molecular formula is C13H11Br3N4O5S. The van der Waals surface area contributed by atoms with Crippen molar-refractivity contribution >= 4 is 69.5 Å². The summed E-state index contributed by atoms with van der Waals surface area (Å²) in [6, 6.07) is 5.98. The van der Waals surface area contributed by atoms with Crippen LogP contribution in [0.4, 0.5) is 0 Å². The molecule has 0 aliphatic carbocycles. The molecule has 1 heterocycles. The first-order valence-corrected chi connectivity index (χ1v) is 10.6. The molecule has 0 saturated carbocycles. The lowest BCUT2D eigenvalue weighted by atomic mass is 10.2. The van der Waals surface area contributed by atoms with Crippen LogP contribution in [0.25, 0.3) is 5.69 Å². The molecule has 0 unspecified atom stereocenters. The Balaban J connectivity index is 2.51. The third-order valence-corrected chi connectivity index (χ3v) is 8.30. The number of carbonyl (C=O) groups excluding carboxylic acids is 1. The Hall–Kier alpha value is -1.31. The molecule has 0 saturated heterocycles. The van der Waals surface area contributed by atoms with Gasteiger partial charge in [-0.1, -0.05) is 6.07 Å². The predicted molar refractivity (Wildman–Crippen MR) is 103 cm³/mol. The second-order valence-corrected chi connectivity index (χ2v) is 15.3. The maximum Gasteiger partial charge on any atom is 0.322 e. The van der Waals surface area contributed by atoms with Crippen molar-refractivity contribution in [2.45, 2.75) is 13.6 Å². The largest absolute Gasteiger partial charge is 0.480 e. The number of aryl methyl sites for hydroxylation is 1. The molecule has 0 aliphatic rings. The number of hydrogen-bond donors (Lipinski definition) is 2. The van der Waals surface area contributed by atoms with E-state index >= 15 is 0 Å². The zero-order valence-electron chi connectivity index (χ0n) is 13.0. The third-order valence-electron chi connectivity index (χ3n) is 3.11. The molecule has 0 atom stereocenters. The predicted octanol–water partition coefficient (Wildman–Crippen LogP) is 1.96. The summed E-state index contributed by atoms with van der Waals surface area (Å²) in [6.45, 7) is 1.02. The van der Waals surface area contributed by atoms with E-state index < -0.39 is 29.7 Å². The number of aromatic nitrogens is 3. The number of rotatable bonds is 5. The molecule has 2 rings (SSSR count). The Kier molecular flexibility index (Phi) is 6.25. The first kappa shape index (κ1) is 21.0. The van der Waals surface area contributed by atoms with Crippen LogP contribution in [0, 0.1) is 6.92 Å². The molecule has 13 heteroatoms. The van der Waals surface area contributed by atoms with E-state index in [-0.39, 0.29) is 16.5 Å². The number of nitrogens with zero attached hydrogens (tertiary/aromatic N) is 3. The third kappa shape index (κ3) is 4.32. The number of aliphatic carboxylic acids is 1. The Labute approximate surface area is 173 Å². The number of carbonyl (C=O) groups is 2. The highest BCUT2D eigenvalue weighted by molar-refractivity contribution is 9.42. The van der Waals surface area contributed by atoms with Crippen molar-refractivity contribution in [1.29, 1.82) is 0 Å². The molecule has 2 aromatic rings. The van der Waals surface area contributed by atoms with Gasteiger partial charge in [-0.2, -0.15) is 0 Å². The lowest BCUT2D eigenvalue weighted by Crippen LogP contribution is -2.29. The lowest BCUT2D eigenvalue weighted by Gasteiger charge is -2.15. The molecule has 140 valence electrons. The van der Waals surface area contributed by atoms with Gasteiger partial charge < -0.3 is 10.4 Å². The van der Waals surface area contributed by atoms with Gasteiger partial charge in [0.05, 0.1) is 5.69 Å². The van der Waals surface area contributed by atoms with Crippen LogP contribution in [0.2, 0.25) is 0 Å². The minimum Gasteiger partial charge on any atom is -0.480 e. The average Bonchev–Trinajstić information content (AvgIpc) is 2.94. The minimum atomic E-state index is -4.03. The number of hydrogen-bond acceptors (Lipinski definition) is 6. The SMILES string of the molecule is Cc1nnc(S(=O)(=O)C(Br)(Br)Br)n1-c1cccc(C(=O)NCC(=O)O)c1. The normalized spacial score (nSPS) is 12.0. The van der Waals surface area contributed by atoms with E-state index in [4.69, 9.17) is 5.11 Å². The second kappa shape index (κ2) is 7.74. The van der Waals surface area contributed by atoms with Crippen molar-refractivity contribution in [2.24, 2.45) is 0 Å². The minimum absolute atomic E-state index is 0.156. The number of carboxylic acids is 1. The van der Waals surface area contributed by atoms with E-state index in [0.717, 1.165) is 0 Å². The second-order valence-electron chi connectivity index (χ2n) is 4.94. The van der Waals surface area contributed by atoms with Crippen molar-refractivity contribution in [1.82, 2.24) is 20.1 Å². The smallest absolute Gasteiger partial charge is 0.322 e. The highest BCUT2D eigenvalue weighted by Crippen LogP contribution is 2.43. The zero-order chi connectivity index (χ0) is 19.7. The van der Waals surface area contributed by atoms with Gasteiger partial charge in [-0.25, -0.2) is 8.42 Å². The highest BCUT2D eigenvalue weighted by atomic mass is 80.0. The van der Waals surface area contributed by atoms with E-state index in [1.807, 2.05) is 0 Å². The van der Waals surface area contributed by atoms with Gasteiger partial charge in [0.2, 0.25) is 11.3 Å². The summed E-state index contributed by atoms with van der Waals surface area (Å²) in [6.07, 6.45) is 0. The molecule has 2 N–H and O–H groups in total. The molecule has 0 aliphatic heterocycles. The van der Waals surface area contributed by atoms with Gasteiger partial charge in [-0.05, 0) is 72.9 Å². The monoisotopic (exact) mass is 572 g/mol. The standard InChI is InChI=1S/C13H11Br3N4O5S/c1-7-18-19-12(26(24,25)13(14,15)16)20(7)9-4-2-3-8(5-9)11(23)17-6-10(21)22/h2-5H,6H2,1H3,(H,17,23)(H,21,22). The van der Waals surface area contributed by atoms with Crippen LogP contribution < -0.4 is 5.32 Å². The van der Waals surface area contributed by atoms with E-state index in [9.17, 15) is 18.0 Å². The topological polar surface area (TPSA) is 131 Å². The van der Waals surface area contributed by atoms with Crippen LogP contribution in [0.15, 0.2) is 29.4 Å². The molecule has 26 heavy (non-hydrogen) atoms. The van der Waals surface area contributed by atoms with Crippen LogP contribution in [-0.4, -0.2) is 48.2 Å². The van der Waals surface area contributed by atoms with E-state index in [2.05, 4.69) is 63.3 Å². The summed E-state index contributed by atoms with van der Waals surface area (Å²) in [7, 11) is -4.03. The van der Waals surface area contributed by atoms with Crippen molar-refractivity contribution in [2.75, 3.05) is 6.54 Å². The van der Waals surface area contributed by atoms with Crippen LogP contribution in [0.3, 0.4) is 0 Å². The highest BCUT2D eigenvalue weighted by Gasteiger charge is 2.42.